The van der Waals surface area contributed by atoms with Crippen LogP contribution in [0.15, 0.2) is 24.3 Å². The maximum atomic E-state index is 6.28. The van der Waals surface area contributed by atoms with E-state index < -0.39 is 20.7 Å². The van der Waals surface area contributed by atoms with Crippen molar-refractivity contribution >= 4 is 13.3 Å². The molecular weight excluding hydrogens is 352 g/mol. The van der Waals surface area contributed by atoms with Crippen molar-refractivity contribution in [3.8, 4) is 0 Å². The molecule has 0 N–H and O–H groups in total. The van der Waals surface area contributed by atoms with Gasteiger partial charge in [0.05, 0.1) is 14.7 Å². The summed E-state index contributed by atoms with van der Waals surface area (Å²) in [6, 6.07) is 8.51. The van der Waals surface area contributed by atoms with Crippen molar-refractivity contribution < 1.29 is 28.4 Å². The van der Waals surface area contributed by atoms with Gasteiger partial charge in [-0.15, -0.1) is 0 Å². The SMILES string of the molecule is CO[C@H]1O[C@@H]2CO[C@@H](c3cccc([Si](C)(C)C)c3)O[C@H]2[C@H](OC)[C@H]1OC. The molecule has 146 valence electrons. The minimum Gasteiger partial charge on any atom is -0.376 e. The van der Waals surface area contributed by atoms with Gasteiger partial charge in [0.15, 0.2) is 12.6 Å². The molecule has 1 aromatic carbocycles. The van der Waals surface area contributed by atoms with Crippen LogP contribution in [0.1, 0.15) is 11.9 Å². The molecule has 3 rings (SSSR count). The first-order valence-corrected chi connectivity index (χ1v) is 12.5. The molecule has 0 aromatic heterocycles. The van der Waals surface area contributed by atoms with Gasteiger partial charge in [0.25, 0.3) is 0 Å². The van der Waals surface area contributed by atoms with E-state index in [9.17, 15) is 0 Å². The van der Waals surface area contributed by atoms with Gasteiger partial charge in [-0.2, -0.15) is 0 Å². The minimum absolute atomic E-state index is 0.257. The maximum Gasteiger partial charge on any atom is 0.186 e. The second-order valence-electron chi connectivity index (χ2n) is 7.82. The molecule has 2 aliphatic heterocycles. The highest BCUT2D eigenvalue weighted by atomic mass is 28.3. The molecule has 7 heteroatoms. The average Bonchev–Trinajstić information content (AvgIpc) is 2.65. The number of fused-ring (bicyclic) bond motifs is 1. The highest BCUT2D eigenvalue weighted by Gasteiger charge is 2.50. The van der Waals surface area contributed by atoms with Crippen molar-refractivity contribution in [3.05, 3.63) is 29.8 Å². The number of rotatable bonds is 5. The van der Waals surface area contributed by atoms with Crippen LogP contribution in [0.25, 0.3) is 0 Å². The lowest BCUT2D eigenvalue weighted by molar-refractivity contribution is -0.363. The van der Waals surface area contributed by atoms with Crippen molar-refractivity contribution in [3.63, 3.8) is 0 Å². The lowest BCUT2D eigenvalue weighted by atomic mass is 9.97. The van der Waals surface area contributed by atoms with Gasteiger partial charge >= 0.3 is 0 Å². The van der Waals surface area contributed by atoms with Crippen LogP contribution >= 0.6 is 0 Å². The fourth-order valence-corrected chi connectivity index (χ4v) is 4.77. The summed E-state index contributed by atoms with van der Waals surface area (Å²) in [5.41, 5.74) is 1.03. The third kappa shape index (κ3) is 3.89. The Morgan fingerprint density at radius 3 is 2.31 bits per heavy atom. The monoisotopic (exact) mass is 382 g/mol. The Balaban J connectivity index is 1.81. The highest BCUT2D eigenvalue weighted by Crippen LogP contribution is 2.36. The molecule has 0 radical (unpaired) electrons. The van der Waals surface area contributed by atoms with Crippen molar-refractivity contribution in [2.75, 3.05) is 27.9 Å². The van der Waals surface area contributed by atoms with Crippen LogP contribution in [0.2, 0.25) is 19.6 Å². The topological polar surface area (TPSA) is 55.4 Å². The number of methoxy groups -OCH3 is 3. The largest absolute Gasteiger partial charge is 0.376 e. The Kier molecular flexibility index (Phi) is 6.18. The normalized spacial score (nSPS) is 35.2. The standard InChI is InChI=1S/C19H30O6Si/c1-20-16-15-14(24-19(22-3)17(16)21-2)11-23-18(25-15)12-8-7-9-13(10-12)26(4,5)6/h7-10,14-19H,11H2,1-6H3/t14-,15-,16+,17-,18-,19+/m1/s1. The van der Waals surface area contributed by atoms with Crippen LogP contribution in [0, 0.1) is 0 Å². The molecule has 2 saturated heterocycles. The van der Waals surface area contributed by atoms with Gasteiger partial charge in [0.2, 0.25) is 0 Å². The highest BCUT2D eigenvalue weighted by molar-refractivity contribution is 6.88. The van der Waals surface area contributed by atoms with E-state index >= 15 is 0 Å². The lowest BCUT2D eigenvalue weighted by Gasteiger charge is -2.48. The van der Waals surface area contributed by atoms with E-state index in [0.717, 1.165) is 5.56 Å². The van der Waals surface area contributed by atoms with E-state index in [2.05, 4.69) is 37.8 Å². The first-order valence-electron chi connectivity index (χ1n) is 9.00. The zero-order valence-electron chi connectivity index (χ0n) is 16.4. The van der Waals surface area contributed by atoms with E-state index in [1.165, 1.54) is 5.19 Å². The third-order valence-electron chi connectivity index (χ3n) is 5.09. The molecule has 2 aliphatic rings. The molecule has 0 unspecified atom stereocenters. The van der Waals surface area contributed by atoms with Gasteiger partial charge in [-0.3, -0.25) is 0 Å². The number of ether oxygens (including phenoxy) is 6. The summed E-state index contributed by atoms with van der Waals surface area (Å²) in [4.78, 5) is 0. The Morgan fingerprint density at radius 1 is 0.962 bits per heavy atom. The maximum absolute atomic E-state index is 6.28. The molecule has 0 spiro atoms. The first-order chi connectivity index (χ1) is 12.4. The summed E-state index contributed by atoms with van der Waals surface area (Å²) in [5, 5.41) is 1.38. The summed E-state index contributed by atoms with van der Waals surface area (Å²) in [5.74, 6) is 0. The van der Waals surface area contributed by atoms with E-state index in [1.54, 1.807) is 21.3 Å². The van der Waals surface area contributed by atoms with Crippen molar-refractivity contribution in [2.45, 2.75) is 56.6 Å². The van der Waals surface area contributed by atoms with Crippen LogP contribution in [-0.2, 0) is 28.4 Å². The van der Waals surface area contributed by atoms with E-state index in [0.29, 0.717) is 6.61 Å². The Hall–Kier alpha value is -0.803. The summed E-state index contributed by atoms with van der Waals surface area (Å²) in [6.07, 6.45) is -2.15. The van der Waals surface area contributed by atoms with Crippen molar-refractivity contribution in [1.29, 1.82) is 0 Å². The predicted octanol–water partition coefficient (Wildman–Crippen LogP) is 2.05. The first kappa shape index (κ1) is 19.9. The molecule has 0 aliphatic carbocycles. The van der Waals surface area contributed by atoms with Gasteiger partial charge < -0.3 is 28.4 Å². The molecule has 0 amide bonds. The predicted molar refractivity (Wildman–Crippen MR) is 100 cm³/mol. The molecular formula is C19H30O6Si. The van der Waals surface area contributed by atoms with Crippen LogP contribution < -0.4 is 5.19 Å². The van der Waals surface area contributed by atoms with Crippen molar-refractivity contribution in [2.24, 2.45) is 0 Å². The molecule has 6 nitrogen and oxygen atoms in total. The Labute approximate surface area is 156 Å². The quantitative estimate of drug-likeness (QED) is 0.727. The molecule has 0 bridgehead atoms. The molecule has 26 heavy (non-hydrogen) atoms. The second-order valence-corrected chi connectivity index (χ2v) is 12.9. The minimum atomic E-state index is -1.41. The van der Waals surface area contributed by atoms with Gasteiger partial charge in [-0.05, 0) is 0 Å². The number of benzene rings is 1. The number of hydrogen-bond donors (Lipinski definition) is 0. The second kappa shape index (κ2) is 8.06. The Bertz CT molecular complexity index is 604. The fourth-order valence-electron chi connectivity index (χ4n) is 3.57. The van der Waals surface area contributed by atoms with E-state index in [1.807, 2.05) is 6.07 Å². The Morgan fingerprint density at radius 2 is 1.69 bits per heavy atom. The van der Waals surface area contributed by atoms with E-state index in [4.69, 9.17) is 28.4 Å². The van der Waals surface area contributed by atoms with Crippen LogP contribution in [-0.4, -0.2) is 66.7 Å². The van der Waals surface area contributed by atoms with Gasteiger partial charge in [0.1, 0.15) is 24.4 Å². The van der Waals surface area contributed by atoms with Crippen LogP contribution in [0.5, 0.6) is 0 Å². The zero-order chi connectivity index (χ0) is 18.9. The van der Waals surface area contributed by atoms with Gasteiger partial charge in [-0.25, -0.2) is 0 Å². The molecule has 2 heterocycles. The van der Waals surface area contributed by atoms with E-state index in [-0.39, 0.29) is 24.4 Å². The summed E-state index contributed by atoms with van der Waals surface area (Å²) < 4.78 is 34.9. The summed E-state index contributed by atoms with van der Waals surface area (Å²) in [7, 11) is 3.47. The summed E-state index contributed by atoms with van der Waals surface area (Å²) in [6.45, 7) is 7.40. The molecule has 1 aromatic rings. The van der Waals surface area contributed by atoms with Gasteiger partial charge in [0, 0.05) is 26.9 Å². The molecule has 6 atom stereocenters. The van der Waals surface area contributed by atoms with Crippen LogP contribution in [0.3, 0.4) is 0 Å². The zero-order valence-corrected chi connectivity index (χ0v) is 17.4. The molecule has 2 fully saturated rings. The van der Waals surface area contributed by atoms with Crippen molar-refractivity contribution in [1.82, 2.24) is 0 Å². The lowest BCUT2D eigenvalue weighted by Crippen LogP contribution is -2.63. The fraction of sp³-hybridized carbons (Fsp3) is 0.684. The van der Waals surface area contributed by atoms with Gasteiger partial charge in [-0.1, -0.05) is 49.1 Å². The molecule has 0 saturated carbocycles. The number of hydrogen-bond acceptors (Lipinski definition) is 6. The third-order valence-corrected chi connectivity index (χ3v) is 7.13. The van der Waals surface area contributed by atoms with Crippen LogP contribution in [0.4, 0.5) is 0 Å². The summed E-state index contributed by atoms with van der Waals surface area (Å²) >= 11 is 0. The average molecular weight is 383 g/mol. The smallest absolute Gasteiger partial charge is 0.186 e.